The molecule has 1 unspecified atom stereocenters. The summed E-state index contributed by atoms with van der Waals surface area (Å²) >= 11 is 6.28. The molecule has 0 radical (unpaired) electrons. The quantitative estimate of drug-likeness (QED) is 0.429. The average molecular weight is 440 g/mol. The van der Waals surface area contributed by atoms with E-state index in [1.165, 1.54) is 6.42 Å². The maximum Gasteiger partial charge on any atom is 0.231 e. The number of fused-ring (bicyclic) bond motifs is 2. The molecule has 0 fully saturated rings. The van der Waals surface area contributed by atoms with Gasteiger partial charge in [0, 0.05) is 27.7 Å². The van der Waals surface area contributed by atoms with Crippen molar-refractivity contribution < 1.29 is 9.47 Å². The van der Waals surface area contributed by atoms with Crippen LogP contribution in [0.3, 0.4) is 0 Å². The fourth-order valence-electron chi connectivity index (χ4n) is 4.02. The van der Waals surface area contributed by atoms with Crippen LogP contribution in [0.15, 0.2) is 42.5 Å². The first kappa shape index (κ1) is 21.7. The Morgan fingerprint density at radius 1 is 1.06 bits per heavy atom. The van der Waals surface area contributed by atoms with Crippen LogP contribution in [-0.2, 0) is 0 Å². The first-order chi connectivity index (χ1) is 15.1. The Hall–Kier alpha value is -2.50. The zero-order valence-electron chi connectivity index (χ0n) is 18.5. The monoisotopic (exact) mass is 439 g/mol. The highest BCUT2D eigenvalue weighted by Crippen LogP contribution is 2.37. The number of hydrogen-bond acceptors (Lipinski definition) is 5. The van der Waals surface area contributed by atoms with Crippen molar-refractivity contribution >= 4 is 28.2 Å². The third kappa shape index (κ3) is 5.05. The molecule has 31 heavy (non-hydrogen) atoms. The van der Waals surface area contributed by atoms with Crippen molar-refractivity contribution in [3.8, 4) is 22.8 Å². The molecular weight excluding hydrogens is 410 g/mol. The molecule has 2 heterocycles. The van der Waals surface area contributed by atoms with Crippen LogP contribution >= 0.6 is 11.6 Å². The number of nitrogens with zero attached hydrogens (tertiary/aromatic N) is 2. The number of pyridine rings is 1. The van der Waals surface area contributed by atoms with E-state index in [0.717, 1.165) is 65.4 Å². The molecule has 0 spiro atoms. The predicted molar refractivity (Wildman–Crippen MR) is 128 cm³/mol. The minimum absolute atomic E-state index is 0.261. The van der Waals surface area contributed by atoms with Crippen molar-refractivity contribution in [2.24, 2.45) is 0 Å². The molecule has 164 valence electrons. The molecule has 1 atom stereocenters. The topological polar surface area (TPSA) is 46.6 Å². The van der Waals surface area contributed by atoms with Gasteiger partial charge in [-0.15, -0.1) is 0 Å². The van der Waals surface area contributed by atoms with Gasteiger partial charge >= 0.3 is 0 Å². The SMILES string of the molecule is CCN(CC)CCCC(C)Nc1cc(-c2ccc3c(c2)OCO3)nc2cc(Cl)ccc12. The van der Waals surface area contributed by atoms with E-state index in [9.17, 15) is 0 Å². The Balaban J connectivity index is 1.60. The van der Waals surface area contributed by atoms with Gasteiger partial charge in [0.1, 0.15) is 0 Å². The van der Waals surface area contributed by atoms with Gasteiger partial charge < -0.3 is 19.7 Å². The Kier molecular flexibility index (Phi) is 6.83. The van der Waals surface area contributed by atoms with E-state index in [1.807, 2.05) is 36.4 Å². The van der Waals surface area contributed by atoms with Gasteiger partial charge in [-0.25, -0.2) is 4.98 Å². The molecule has 5 nitrogen and oxygen atoms in total. The average Bonchev–Trinajstić information content (AvgIpc) is 3.24. The summed E-state index contributed by atoms with van der Waals surface area (Å²) in [6, 6.07) is 14.3. The summed E-state index contributed by atoms with van der Waals surface area (Å²) in [5.41, 5.74) is 3.82. The van der Waals surface area contributed by atoms with Crippen molar-refractivity contribution in [1.82, 2.24) is 9.88 Å². The van der Waals surface area contributed by atoms with E-state index in [1.54, 1.807) is 0 Å². The summed E-state index contributed by atoms with van der Waals surface area (Å²) in [5, 5.41) is 5.47. The molecule has 0 saturated carbocycles. The molecule has 1 aliphatic heterocycles. The zero-order chi connectivity index (χ0) is 21.8. The standard InChI is InChI=1S/C25H30ClN3O2/c1-4-29(5-2)12-6-7-17(3)27-23-15-21(28-22-14-19(26)9-10-20(22)23)18-8-11-24-25(13-18)31-16-30-24/h8-11,13-15,17H,4-7,12,16H2,1-3H3,(H,27,28). The molecule has 6 heteroatoms. The lowest BCUT2D eigenvalue weighted by molar-refractivity contribution is 0.174. The van der Waals surface area contributed by atoms with Crippen molar-refractivity contribution in [2.75, 3.05) is 31.7 Å². The molecule has 3 aromatic rings. The second-order valence-electron chi connectivity index (χ2n) is 8.00. The van der Waals surface area contributed by atoms with Gasteiger partial charge in [0.05, 0.1) is 11.2 Å². The van der Waals surface area contributed by atoms with Gasteiger partial charge in [-0.05, 0) is 81.9 Å². The third-order valence-electron chi connectivity index (χ3n) is 5.85. The molecular formula is C25H30ClN3O2. The summed E-state index contributed by atoms with van der Waals surface area (Å²) in [6.45, 7) is 10.3. The number of nitrogens with one attached hydrogen (secondary N) is 1. The number of hydrogen-bond donors (Lipinski definition) is 1. The van der Waals surface area contributed by atoms with Gasteiger partial charge in [-0.2, -0.15) is 0 Å². The maximum atomic E-state index is 6.28. The predicted octanol–water partition coefficient (Wildman–Crippen LogP) is 6.21. The Morgan fingerprint density at radius 3 is 2.68 bits per heavy atom. The van der Waals surface area contributed by atoms with E-state index < -0.39 is 0 Å². The first-order valence-corrected chi connectivity index (χ1v) is 11.4. The molecule has 0 amide bonds. The van der Waals surface area contributed by atoms with Crippen LogP contribution in [0.25, 0.3) is 22.2 Å². The lowest BCUT2D eigenvalue weighted by Gasteiger charge is -2.21. The maximum absolute atomic E-state index is 6.28. The van der Waals surface area contributed by atoms with E-state index in [2.05, 4.69) is 37.1 Å². The lowest BCUT2D eigenvalue weighted by Crippen LogP contribution is -2.25. The fourth-order valence-corrected chi connectivity index (χ4v) is 4.19. The number of ether oxygens (including phenoxy) is 2. The van der Waals surface area contributed by atoms with Crippen molar-refractivity contribution in [3.05, 3.63) is 47.5 Å². The Labute approximate surface area is 189 Å². The zero-order valence-corrected chi connectivity index (χ0v) is 19.2. The summed E-state index contributed by atoms with van der Waals surface area (Å²) < 4.78 is 11.0. The van der Waals surface area contributed by atoms with E-state index in [4.69, 9.17) is 26.1 Å². The van der Waals surface area contributed by atoms with Crippen LogP contribution in [0.1, 0.15) is 33.6 Å². The van der Waals surface area contributed by atoms with Crippen molar-refractivity contribution in [2.45, 2.75) is 39.7 Å². The summed E-state index contributed by atoms with van der Waals surface area (Å²) in [5.74, 6) is 1.53. The number of anilines is 1. The highest BCUT2D eigenvalue weighted by molar-refractivity contribution is 6.31. The number of benzene rings is 2. The van der Waals surface area contributed by atoms with Crippen LogP contribution in [0.5, 0.6) is 11.5 Å². The van der Waals surface area contributed by atoms with Crippen LogP contribution < -0.4 is 14.8 Å². The third-order valence-corrected chi connectivity index (χ3v) is 6.08. The summed E-state index contributed by atoms with van der Waals surface area (Å²) in [6.07, 6.45) is 2.27. The van der Waals surface area contributed by atoms with Crippen LogP contribution in [0.4, 0.5) is 5.69 Å². The van der Waals surface area contributed by atoms with Gasteiger partial charge in [0.25, 0.3) is 0 Å². The second-order valence-corrected chi connectivity index (χ2v) is 8.44. The summed E-state index contributed by atoms with van der Waals surface area (Å²) in [4.78, 5) is 7.35. The van der Waals surface area contributed by atoms with Crippen molar-refractivity contribution in [1.29, 1.82) is 0 Å². The molecule has 0 saturated heterocycles. The minimum Gasteiger partial charge on any atom is -0.454 e. The lowest BCUT2D eigenvalue weighted by atomic mass is 10.1. The molecule has 4 rings (SSSR count). The molecule has 0 aliphatic carbocycles. The van der Waals surface area contributed by atoms with Crippen molar-refractivity contribution in [3.63, 3.8) is 0 Å². The fraction of sp³-hybridized carbons (Fsp3) is 0.400. The van der Waals surface area contributed by atoms with Gasteiger partial charge in [-0.3, -0.25) is 0 Å². The van der Waals surface area contributed by atoms with E-state index >= 15 is 0 Å². The van der Waals surface area contributed by atoms with Gasteiger partial charge in [0.2, 0.25) is 6.79 Å². The highest BCUT2D eigenvalue weighted by Gasteiger charge is 2.16. The number of aromatic nitrogens is 1. The normalized spacial score (nSPS) is 13.7. The first-order valence-electron chi connectivity index (χ1n) is 11.1. The Bertz CT molecular complexity index is 1050. The highest BCUT2D eigenvalue weighted by atomic mass is 35.5. The molecule has 1 aromatic heterocycles. The Morgan fingerprint density at radius 2 is 1.87 bits per heavy atom. The molecule has 1 N–H and O–H groups in total. The minimum atomic E-state index is 0.261. The van der Waals surface area contributed by atoms with Crippen LogP contribution in [0, 0.1) is 0 Å². The van der Waals surface area contributed by atoms with Crippen LogP contribution in [-0.4, -0.2) is 42.4 Å². The summed E-state index contributed by atoms with van der Waals surface area (Å²) in [7, 11) is 0. The molecule has 2 aromatic carbocycles. The number of halogens is 1. The van der Waals surface area contributed by atoms with Gasteiger partial charge in [-0.1, -0.05) is 25.4 Å². The second kappa shape index (κ2) is 9.75. The largest absolute Gasteiger partial charge is 0.454 e. The van der Waals surface area contributed by atoms with Crippen LogP contribution in [0.2, 0.25) is 5.02 Å². The molecule has 1 aliphatic rings. The van der Waals surface area contributed by atoms with Gasteiger partial charge in [0.15, 0.2) is 11.5 Å². The van der Waals surface area contributed by atoms with E-state index in [-0.39, 0.29) is 6.79 Å². The smallest absolute Gasteiger partial charge is 0.231 e. The number of rotatable bonds is 9. The molecule has 0 bridgehead atoms. The van der Waals surface area contributed by atoms with E-state index in [0.29, 0.717) is 11.1 Å².